The minimum atomic E-state index is -1.03. The number of carbonyl (C=O) groups is 3. The number of nitriles is 1. The maximum absolute atomic E-state index is 13.4. The number of ketones is 1. The van der Waals surface area contributed by atoms with Crippen LogP contribution in [0.15, 0.2) is 72.3 Å². The molecule has 3 aromatic carbocycles. The van der Waals surface area contributed by atoms with E-state index in [4.69, 9.17) is 14.6 Å². The predicted octanol–water partition coefficient (Wildman–Crippen LogP) is 3.83. The number of carboxylic acids is 1. The number of benzene rings is 3. The average molecular weight is 498 g/mol. The van der Waals surface area contributed by atoms with E-state index in [1.807, 2.05) is 6.07 Å². The van der Waals surface area contributed by atoms with Crippen LogP contribution in [0.25, 0.3) is 5.76 Å². The molecule has 1 atom stereocenters. The number of nitrogens with zero attached hydrogens (tertiary/aromatic N) is 2. The van der Waals surface area contributed by atoms with E-state index in [9.17, 15) is 24.8 Å². The Bertz CT molecular complexity index is 1450. The van der Waals surface area contributed by atoms with E-state index in [0.717, 1.165) is 0 Å². The third-order valence-electron chi connectivity index (χ3n) is 6.03. The highest BCUT2D eigenvalue weighted by atomic mass is 16.5. The number of Topliss-reactive ketones (excluding diaryl/α,β-unsaturated/α-hetero) is 1. The molecule has 1 unspecified atom stereocenters. The van der Waals surface area contributed by atoms with Crippen LogP contribution in [0, 0.1) is 11.3 Å². The molecule has 9 heteroatoms. The molecule has 1 aliphatic heterocycles. The van der Waals surface area contributed by atoms with Crippen LogP contribution in [0.2, 0.25) is 0 Å². The summed E-state index contributed by atoms with van der Waals surface area (Å²) >= 11 is 0. The van der Waals surface area contributed by atoms with Gasteiger partial charge in [-0.15, -0.1) is 0 Å². The summed E-state index contributed by atoms with van der Waals surface area (Å²) in [6, 6.07) is 18.2. The van der Waals surface area contributed by atoms with E-state index in [2.05, 4.69) is 0 Å². The van der Waals surface area contributed by atoms with Gasteiger partial charge in [0.2, 0.25) is 0 Å². The summed E-state index contributed by atoms with van der Waals surface area (Å²) in [6.45, 7) is 0. The molecular weight excluding hydrogens is 476 g/mol. The molecule has 1 saturated heterocycles. The maximum atomic E-state index is 13.4. The molecule has 0 spiro atoms. The van der Waals surface area contributed by atoms with Crippen LogP contribution in [0.4, 0.5) is 5.69 Å². The number of ether oxygens (including phenoxy) is 2. The molecule has 1 amide bonds. The SMILES string of the molecule is COc1ccc(OC)c(/C(O)=C2\C(=O)C(=O)N(c3ccc(CC(=O)O)cc3)C2c2ccc(C#N)cc2)c1. The predicted molar refractivity (Wildman–Crippen MR) is 133 cm³/mol. The first-order valence-corrected chi connectivity index (χ1v) is 11.1. The molecule has 186 valence electrons. The van der Waals surface area contributed by atoms with Crippen LogP contribution in [0.3, 0.4) is 0 Å². The Hall–Kier alpha value is -5.10. The fourth-order valence-corrected chi connectivity index (χ4v) is 4.25. The Morgan fingerprint density at radius 3 is 2.22 bits per heavy atom. The molecule has 0 aromatic heterocycles. The van der Waals surface area contributed by atoms with Gasteiger partial charge in [-0.1, -0.05) is 24.3 Å². The molecule has 4 rings (SSSR count). The van der Waals surface area contributed by atoms with Gasteiger partial charge in [0.25, 0.3) is 11.7 Å². The number of hydrogen-bond acceptors (Lipinski definition) is 7. The van der Waals surface area contributed by atoms with Crippen LogP contribution in [-0.2, 0) is 20.8 Å². The largest absolute Gasteiger partial charge is 0.507 e. The van der Waals surface area contributed by atoms with Gasteiger partial charge < -0.3 is 19.7 Å². The average Bonchev–Trinajstić information content (AvgIpc) is 3.18. The summed E-state index contributed by atoms with van der Waals surface area (Å²) in [7, 11) is 2.86. The number of carboxylic acid groups (broad SMARTS) is 1. The van der Waals surface area contributed by atoms with Crippen molar-refractivity contribution in [2.45, 2.75) is 12.5 Å². The van der Waals surface area contributed by atoms with Gasteiger partial charge in [0.15, 0.2) is 0 Å². The Morgan fingerprint density at radius 1 is 0.973 bits per heavy atom. The Labute approximate surface area is 212 Å². The number of carbonyl (C=O) groups excluding carboxylic acids is 2. The minimum Gasteiger partial charge on any atom is -0.507 e. The normalized spacial score (nSPS) is 16.4. The van der Waals surface area contributed by atoms with Crippen molar-refractivity contribution in [1.29, 1.82) is 5.26 Å². The lowest BCUT2D eigenvalue weighted by atomic mass is 9.94. The van der Waals surface area contributed by atoms with Crippen molar-refractivity contribution in [3.63, 3.8) is 0 Å². The quantitative estimate of drug-likeness (QED) is 0.285. The molecule has 1 heterocycles. The molecule has 0 bridgehead atoms. The van der Waals surface area contributed by atoms with Crippen LogP contribution in [0.1, 0.15) is 28.3 Å². The number of aliphatic hydroxyl groups excluding tert-OH is 1. The van der Waals surface area contributed by atoms with Crippen molar-refractivity contribution in [3.05, 3.63) is 94.6 Å². The number of amides is 1. The Morgan fingerprint density at radius 2 is 1.65 bits per heavy atom. The van der Waals surface area contributed by atoms with Crippen LogP contribution >= 0.6 is 0 Å². The van der Waals surface area contributed by atoms with Crippen molar-refractivity contribution < 1.29 is 34.1 Å². The first-order chi connectivity index (χ1) is 17.8. The highest BCUT2D eigenvalue weighted by Crippen LogP contribution is 2.43. The summed E-state index contributed by atoms with van der Waals surface area (Å²) in [5.74, 6) is -2.57. The van der Waals surface area contributed by atoms with E-state index < -0.39 is 29.5 Å². The van der Waals surface area contributed by atoms with E-state index in [0.29, 0.717) is 28.1 Å². The molecule has 3 aromatic rings. The lowest BCUT2D eigenvalue weighted by molar-refractivity contribution is -0.136. The van der Waals surface area contributed by atoms with Gasteiger partial charge in [-0.05, 0) is 53.6 Å². The molecular formula is C28H22N2O7. The first-order valence-electron chi connectivity index (χ1n) is 11.1. The molecule has 0 radical (unpaired) electrons. The van der Waals surface area contributed by atoms with Crippen molar-refractivity contribution in [2.24, 2.45) is 0 Å². The Kier molecular flexibility index (Phi) is 6.93. The maximum Gasteiger partial charge on any atom is 0.307 e. The van der Waals surface area contributed by atoms with Crippen molar-refractivity contribution in [1.82, 2.24) is 0 Å². The molecule has 37 heavy (non-hydrogen) atoms. The van der Waals surface area contributed by atoms with Gasteiger partial charge >= 0.3 is 5.97 Å². The molecule has 9 nitrogen and oxygen atoms in total. The lowest BCUT2D eigenvalue weighted by Crippen LogP contribution is -2.29. The number of methoxy groups -OCH3 is 2. The van der Waals surface area contributed by atoms with Gasteiger partial charge in [0.05, 0.1) is 49.5 Å². The van der Waals surface area contributed by atoms with Crippen LogP contribution in [0.5, 0.6) is 11.5 Å². The zero-order valence-corrected chi connectivity index (χ0v) is 20.0. The number of aliphatic carboxylic acids is 1. The number of aliphatic hydroxyl groups is 1. The van der Waals surface area contributed by atoms with Gasteiger partial charge in [-0.2, -0.15) is 5.26 Å². The molecule has 0 saturated carbocycles. The molecule has 1 fully saturated rings. The summed E-state index contributed by atoms with van der Waals surface area (Å²) in [5.41, 5.74) is 1.71. The van der Waals surface area contributed by atoms with E-state index in [1.54, 1.807) is 60.7 Å². The summed E-state index contributed by atoms with van der Waals surface area (Å²) < 4.78 is 10.6. The second-order valence-electron chi connectivity index (χ2n) is 8.21. The monoisotopic (exact) mass is 498 g/mol. The highest BCUT2D eigenvalue weighted by Gasteiger charge is 2.47. The van der Waals surface area contributed by atoms with Crippen LogP contribution < -0.4 is 14.4 Å². The lowest BCUT2D eigenvalue weighted by Gasteiger charge is -2.26. The minimum absolute atomic E-state index is 0.162. The highest BCUT2D eigenvalue weighted by molar-refractivity contribution is 6.51. The van der Waals surface area contributed by atoms with Crippen molar-refractivity contribution in [2.75, 3.05) is 19.1 Å². The summed E-state index contributed by atoms with van der Waals surface area (Å²) in [4.78, 5) is 39.0. The van der Waals surface area contributed by atoms with E-state index in [-0.39, 0.29) is 23.3 Å². The fraction of sp³-hybridized carbons (Fsp3) is 0.143. The number of hydrogen-bond donors (Lipinski definition) is 2. The van der Waals surface area contributed by atoms with E-state index >= 15 is 0 Å². The summed E-state index contributed by atoms with van der Waals surface area (Å²) in [6.07, 6.45) is -0.201. The first kappa shape index (κ1) is 25.0. The van der Waals surface area contributed by atoms with E-state index in [1.165, 1.54) is 25.2 Å². The standard InChI is InChI=1S/C28H22N2O7/c1-36-20-11-12-22(37-2)21(14-20)26(33)24-25(18-7-3-17(15-29)4-8-18)30(28(35)27(24)34)19-9-5-16(6-10-19)13-23(31)32/h3-12,14,25,33H,13H2,1-2H3,(H,31,32)/b26-24+. The third-order valence-corrected chi connectivity index (χ3v) is 6.03. The van der Waals surface area contributed by atoms with Gasteiger partial charge in [-0.3, -0.25) is 19.3 Å². The van der Waals surface area contributed by atoms with Gasteiger partial charge in [-0.25, -0.2) is 0 Å². The second-order valence-corrected chi connectivity index (χ2v) is 8.21. The third kappa shape index (κ3) is 4.73. The zero-order chi connectivity index (χ0) is 26.7. The zero-order valence-electron chi connectivity index (χ0n) is 20.0. The molecule has 1 aliphatic rings. The van der Waals surface area contributed by atoms with Gasteiger partial charge in [0, 0.05) is 5.69 Å². The van der Waals surface area contributed by atoms with Gasteiger partial charge in [0.1, 0.15) is 17.3 Å². The fourth-order valence-electron chi connectivity index (χ4n) is 4.25. The molecule has 2 N–H and O–H groups in total. The number of anilines is 1. The smallest absolute Gasteiger partial charge is 0.307 e. The van der Waals surface area contributed by atoms with Crippen LogP contribution in [-0.4, -0.2) is 42.1 Å². The second kappa shape index (κ2) is 10.3. The number of rotatable bonds is 7. The van der Waals surface area contributed by atoms with Crippen molar-refractivity contribution in [3.8, 4) is 17.6 Å². The summed E-state index contributed by atoms with van der Waals surface area (Å²) in [5, 5.41) is 29.7. The van der Waals surface area contributed by atoms with Crippen molar-refractivity contribution >= 4 is 29.1 Å². The Balaban J connectivity index is 1.93. The topological polar surface area (TPSA) is 137 Å². The molecule has 0 aliphatic carbocycles.